The molecule has 0 aliphatic heterocycles. The number of nitrogens with two attached hydrogens (primary N) is 1. The van der Waals surface area contributed by atoms with Crippen LogP contribution in [0.15, 0.2) is 40.9 Å². The Hall–Kier alpha value is -1.59. The highest BCUT2D eigenvalue weighted by Gasteiger charge is 2.09. The number of halogens is 1. The molecule has 3 rings (SSSR count). The fourth-order valence-electron chi connectivity index (χ4n) is 1.84. The van der Waals surface area contributed by atoms with Crippen LogP contribution in [0.25, 0.3) is 10.2 Å². The van der Waals surface area contributed by atoms with Crippen LogP contribution in [0.1, 0.15) is 5.56 Å². The van der Waals surface area contributed by atoms with Crippen LogP contribution in [0.3, 0.4) is 0 Å². The molecule has 0 atom stereocenters. The van der Waals surface area contributed by atoms with Gasteiger partial charge in [0.2, 0.25) is 0 Å². The van der Waals surface area contributed by atoms with Crippen LogP contribution in [-0.4, -0.2) is 4.98 Å². The monoisotopic (exact) mass is 334 g/mol. The smallest absolute Gasteiger partial charge is 0.181 e. The van der Waals surface area contributed by atoms with Crippen molar-refractivity contribution in [2.45, 2.75) is 6.92 Å². The van der Waals surface area contributed by atoms with Gasteiger partial charge in [-0.2, -0.15) is 0 Å². The minimum Gasteiger partial charge on any atom is -0.457 e. The number of hydrogen-bond donors (Lipinski definition) is 1. The van der Waals surface area contributed by atoms with Crippen LogP contribution >= 0.6 is 27.3 Å². The lowest BCUT2D eigenvalue weighted by atomic mass is 10.2. The molecule has 0 saturated carbocycles. The maximum absolute atomic E-state index is 5.92. The number of ether oxygens (including phenoxy) is 1. The van der Waals surface area contributed by atoms with E-state index in [2.05, 4.69) is 20.9 Å². The maximum atomic E-state index is 5.92. The highest BCUT2D eigenvalue weighted by Crippen LogP contribution is 2.35. The predicted molar refractivity (Wildman–Crippen MR) is 83.0 cm³/mol. The van der Waals surface area contributed by atoms with Gasteiger partial charge in [0.25, 0.3) is 0 Å². The van der Waals surface area contributed by atoms with Gasteiger partial charge in [0.05, 0.1) is 10.2 Å². The number of nitrogen functional groups attached to an aromatic ring is 1. The number of para-hydroxylation sites is 1. The lowest BCUT2D eigenvalue weighted by Gasteiger charge is -2.08. The van der Waals surface area contributed by atoms with E-state index in [0.29, 0.717) is 5.13 Å². The van der Waals surface area contributed by atoms with E-state index in [9.17, 15) is 0 Å². The third kappa shape index (κ3) is 2.43. The van der Waals surface area contributed by atoms with Gasteiger partial charge in [0.15, 0.2) is 5.13 Å². The number of fused-ring (bicyclic) bond motifs is 1. The largest absolute Gasteiger partial charge is 0.457 e. The third-order valence-corrected chi connectivity index (χ3v) is 4.20. The first-order valence-corrected chi connectivity index (χ1v) is 7.33. The van der Waals surface area contributed by atoms with E-state index < -0.39 is 0 Å². The van der Waals surface area contributed by atoms with E-state index in [1.807, 2.05) is 43.3 Å². The first kappa shape index (κ1) is 12.4. The zero-order valence-corrected chi connectivity index (χ0v) is 12.6. The number of rotatable bonds is 2. The zero-order valence-electron chi connectivity index (χ0n) is 10.2. The molecule has 2 aromatic carbocycles. The maximum Gasteiger partial charge on any atom is 0.181 e. The Morgan fingerprint density at radius 1 is 1.26 bits per heavy atom. The topological polar surface area (TPSA) is 48.1 Å². The molecule has 0 aliphatic rings. The molecule has 0 spiro atoms. The Balaban J connectivity index is 2.04. The van der Waals surface area contributed by atoms with Gasteiger partial charge in [-0.1, -0.05) is 29.5 Å². The van der Waals surface area contributed by atoms with Crippen molar-refractivity contribution in [1.29, 1.82) is 0 Å². The van der Waals surface area contributed by atoms with Crippen LogP contribution in [0.2, 0.25) is 0 Å². The minimum absolute atomic E-state index is 0.559. The van der Waals surface area contributed by atoms with E-state index in [0.717, 1.165) is 31.8 Å². The SMILES string of the molecule is Cc1ccccc1Oc1cc(Br)c2nc(N)sc2c1. The number of benzene rings is 2. The Morgan fingerprint density at radius 3 is 2.84 bits per heavy atom. The number of thiazole rings is 1. The summed E-state index contributed by atoms with van der Waals surface area (Å²) in [6, 6.07) is 11.8. The van der Waals surface area contributed by atoms with E-state index in [1.54, 1.807) is 0 Å². The summed E-state index contributed by atoms with van der Waals surface area (Å²) in [4.78, 5) is 4.27. The van der Waals surface area contributed by atoms with Crippen molar-refractivity contribution >= 4 is 42.6 Å². The van der Waals surface area contributed by atoms with Crippen molar-refractivity contribution in [2.24, 2.45) is 0 Å². The molecule has 0 unspecified atom stereocenters. The van der Waals surface area contributed by atoms with E-state index in [-0.39, 0.29) is 0 Å². The molecule has 5 heteroatoms. The summed E-state index contributed by atoms with van der Waals surface area (Å²) in [6.07, 6.45) is 0. The van der Waals surface area contributed by atoms with Crippen molar-refractivity contribution < 1.29 is 4.74 Å². The number of hydrogen-bond acceptors (Lipinski definition) is 4. The molecule has 3 nitrogen and oxygen atoms in total. The lowest BCUT2D eigenvalue weighted by Crippen LogP contribution is -1.87. The van der Waals surface area contributed by atoms with Gasteiger partial charge < -0.3 is 10.5 Å². The van der Waals surface area contributed by atoms with Crippen molar-refractivity contribution in [3.63, 3.8) is 0 Å². The molecule has 0 bridgehead atoms. The molecule has 0 radical (unpaired) electrons. The summed E-state index contributed by atoms with van der Waals surface area (Å²) in [6.45, 7) is 2.02. The molecule has 1 aromatic heterocycles. The van der Waals surface area contributed by atoms with Crippen LogP contribution in [0.5, 0.6) is 11.5 Å². The predicted octanol–water partition coefficient (Wildman–Crippen LogP) is 4.74. The van der Waals surface area contributed by atoms with Gasteiger partial charge >= 0.3 is 0 Å². The number of anilines is 1. The Morgan fingerprint density at radius 2 is 2.05 bits per heavy atom. The van der Waals surface area contributed by atoms with Gasteiger partial charge in [0.1, 0.15) is 11.5 Å². The van der Waals surface area contributed by atoms with Crippen molar-refractivity contribution in [2.75, 3.05) is 5.73 Å². The second-order valence-electron chi connectivity index (χ2n) is 4.17. The van der Waals surface area contributed by atoms with E-state index >= 15 is 0 Å². The molecule has 3 aromatic rings. The van der Waals surface area contributed by atoms with Gasteiger partial charge in [-0.05, 0) is 40.5 Å². The first-order chi connectivity index (χ1) is 9.13. The summed E-state index contributed by atoms with van der Waals surface area (Å²) >= 11 is 4.95. The molecule has 0 fully saturated rings. The second kappa shape index (κ2) is 4.83. The third-order valence-electron chi connectivity index (χ3n) is 2.76. The van der Waals surface area contributed by atoms with Gasteiger partial charge in [-0.15, -0.1) is 0 Å². The first-order valence-electron chi connectivity index (χ1n) is 5.72. The van der Waals surface area contributed by atoms with Crippen LogP contribution < -0.4 is 10.5 Å². The molecular weight excluding hydrogens is 324 g/mol. The highest BCUT2D eigenvalue weighted by atomic mass is 79.9. The molecule has 0 saturated heterocycles. The Labute approximate surface area is 123 Å². The van der Waals surface area contributed by atoms with Crippen LogP contribution in [0.4, 0.5) is 5.13 Å². The average molecular weight is 335 g/mol. The number of aromatic nitrogens is 1. The number of aryl methyl sites for hydroxylation is 1. The molecular formula is C14H11BrN2OS. The van der Waals surface area contributed by atoms with E-state index in [1.165, 1.54) is 11.3 Å². The Bertz CT molecular complexity index is 754. The second-order valence-corrected chi connectivity index (χ2v) is 6.09. The normalized spacial score (nSPS) is 10.8. The zero-order chi connectivity index (χ0) is 13.4. The Kier molecular flexibility index (Phi) is 3.16. The van der Waals surface area contributed by atoms with E-state index in [4.69, 9.17) is 10.5 Å². The summed E-state index contributed by atoms with van der Waals surface area (Å²) in [5.74, 6) is 1.63. The standard InChI is InChI=1S/C14H11BrN2OS/c1-8-4-2-3-5-11(8)18-9-6-10(15)13-12(7-9)19-14(16)17-13/h2-7H,1H3,(H2,16,17). The van der Waals surface area contributed by atoms with Gasteiger partial charge in [0, 0.05) is 10.5 Å². The molecule has 1 heterocycles. The van der Waals surface area contributed by atoms with Crippen LogP contribution in [0, 0.1) is 6.92 Å². The van der Waals surface area contributed by atoms with Crippen molar-refractivity contribution in [3.8, 4) is 11.5 Å². The molecule has 2 N–H and O–H groups in total. The van der Waals surface area contributed by atoms with Crippen molar-refractivity contribution in [3.05, 3.63) is 46.4 Å². The fourth-order valence-corrected chi connectivity index (χ4v) is 3.29. The summed E-state index contributed by atoms with van der Waals surface area (Å²) in [7, 11) is 0. The molecule has 0 amide bonds. The fraction of sp³-hybridized carbons (Fsp3) is 0.0714. The highest BCUT2D eigenvalue weighted by molar-refractivity contribution is 9.10. The molecule has 0 aliphatic carbocycles. The van der Waals surface area contributed by atoms with Crippen LogP contribution in [-0.2, 0) is 0 Å². The van der Waals surface area contributed by atoms with Gasteiger partial charge in [-0.3, -0.25) is 0 Å². The van der Waals surface area contributed by atoms with Gasteiger partial charge in [-0.25, -0.2) is 4.98 Å². The molecule has 19 heavy (non-hydrogen) atoms. The summed E-state index contributed by atoms with van der Waals surface area (Å²) < 4.78 is 7.82. The summed E-state index contributed by atoms with van der Waals surface area (Å²) in [5, 5.41) is 0.559. The summed E-state index contributed by atoms with van der Waals surface area (Å²) in [5.41, 5.74) is 7.71. The average Bonchev–Trinajstić information content (AvgIpc) is 2.73. The minimum atomic E-state index is 0.559. The van der Waals surface area contributed by atoms with Crippen molar-refractivity contribution in [1.82, 2.24) is 4.98 Å². The quantitative estimate of drug-likeness (QED) is 0.736. The lowest BCUT2D eigenvalue weighted by molar-refractivity contribution is 0.479. The molecule has 96 valence electrons. The number of nitrogens with zero attached hydrogens (tertiary/aromatic N) is 1.